The molecule has 1 N–H and O–H groups in total. The molecular formula is C14H13NO2. The monoisotopic (exact) mass is 227 g/mol. The zero-order valence-electron chi connectivity index (χ0n) is 9.34. The summed E-state index contributed by atoms with van der Waals surface area (Å²) in [6.07, 6.45) is 2.46. The average Bonchev–Trinajstić information content (AvgIpc) is 2.38. The molecule has 0 unspecified atom stereocenters. The van der Waals surface area contributed by atoms with E-state index in [1.54, 1.807) is 6.20 Å². The van der Waals surface area contributed by atoms with Gasteiger partial charge in [-0.05, 0) is 30.2 Å². The van der Waals surface area contributed by atoms with Crippen LogP contribution in [0.5, 0.6) is 0 Å². The number of pyridine rings is 1. The van der Waals surface area contributed by atoms with Crippen molar-refractivity contribution in [3.63, 3.8) is 0 Å². The molecule has 0 radical (unpaired) electrons. The smallest absolute Gasteiger partial charge is 0.303 e. The lowest BCUT2D eigenvalue weighted by Gasteiger charge is -2.03. The summed E-state index contributed by atoms with van der Waals surface area (Å²) < 4.78 is 0. The highest BCUT2D eigenvalue weighted by atomic mass is 16.4. The Labute approximate surface area is 99.8 Å². The highest BCUT2D eigenvalue weighted by Gasteiger charge is 2.02. The van der Waals surface area contributed by atoms with E-state index < -0.39 is 5.97 Å². The van der Waals surface area contributed by atoms with Gasteiger partial charge in [0.05, 0.1) is 5.69 Å². The topological polar surface area (TPSA) is 50.2 Å². The number of carbonyl (C=O) groups is 1. The second-order valence-electron chi connectivity index (χ2n) is 3.81. The van der Waals surface area contributed by atoms with Gasteiger partial charge in [-0.3, -0.25) is 9.78 Å². The van der Waals surface area contributed by atoms with Crippen molar-refractivity contribution in [3.8, 4) is 11.3 Å². The van der Waals surface area contributed by atoms with Gasteiger partial charge in [0.2, 0.25) is 0 Å². The van der Waals surface area contributed by atoms with Crippen LogP contribution in [-0.2, 0) is 11.2 Å². The molecule has 0 fully saturated rings. The molecule has 0 atom stereocenters. The van der Waals surface area contributed by atoms with Gasteiger partial charge in [-0.15, -0.1) is 0 Å². The van der Waals surface area contributed by atoms with Gasteiger partial charge in [0.25, 0.3) is 0 Å². The Kier molecular flexibility index (Phi) is 3.50. The summed E-state index contributed by atoms with van der Waals surface area (Å²) in [6.45, 7) is 0. The number of hydrogen-bond acceptors (Lipinski definition) is 2. The third-order valence-corrected chi connectivity index (χ3v) is 2.52. The van der Waals surface area contributed by atoms with Crippen molar-refractivity contribution in [2.75, 3.05) is 0 Å². The molecule has 2 rings (SSSR count). The average molecular weight is 227 g/mol. The fourth-order valence-electron chi connectivity index (χ4n) is 1.67. The molecule has 0 aliphatic heterocycles. The number of rotatable bonds is 4. The number of nitrogens with zero attached hydrogens (tertiary/aromatic N) is 1. The molecule has 0 amide bonds. The van der Waals surface area contributed by atoms with Crippen molar-refractivity contribution in [2.24, 2.45) is 0 Å². The van der Waals surface area contributed by atoms with Crippen LogP contribution in [0.15, 0.2) is 48.7 Å². The van der Waals surface area contributed by atoms with E-state index in [0.29, 0.717) is 6.42 Å². The predicted octanol–water partition coefficient (Wildman–Crippen LogP) is 2.77. The minimum absolute atomic E-state index is 0.158. The molecule has 0 aliphatic carbocycles. The first-order chi connectivity index (χ1) is 8.25. The van der Waals surface area contributed by atoms with Crippen LogP contribution in [0.4, 0.5) is 0 Å². The van der Waals surface area contributed by atoms with Crippen LogP contribution in [0.3, 0.4) is 0 Å². The van der Waals surface area contributed by atoms with Gasteiger partial charge < -0.3 is 5.11 Å². The van der Waals surface area contributed by atoms with Crippen molar-refractivity contribution < 1.29 is 9.90 Å². The number of hydrogen-bond donors (Lipinski definition) is 1. The predicted molar refractivity (Wildman–Crippen MR) is 65.6 cm³/mol. The van der Waals surface area contributed by atoms with E-state index in [9.17, 15) is 4.79 Å². The van der Waals surface area contributed by atoms with Crippen LogP contribution >= 0.6 is 0 Å². The van der Waals surface area contributed by atoms with E-state index in [-0.39, 0.29) is 6.42 Å². The molecule has 3 nitrogen and oxygen atoms in total. The van der Waals surface area contributed by atoms with Crippen molar-refractivity contribution in [3.05, 3.63) is 54.2 Å². The molecule has 17 heavy (non-hydrogen) atoms. The number of carboxylic acids is 1. The molecular weight excluding hydrogens is 214 g/mol. The van der Waals surface area contributed by atoms with E-state index >= 15 is 0 Å². The Hall–Kier alpha value is -2.16. The Balaban J connectivity index is 2.20. The Morgan fingerprint density at radius 3 is 2.76 bits per heavy atom. The standard InChI is InChI=1S/C14H13NO2/c16-14(17)8-7-11-4-3-5-12(10-11)13-6-1-2-9-15-13/h1-6,9-10H,7-8H2,(H,16,17). The van der Waals surface area contributed by atoms with Crippen LogP contribution in [0.25, 0.3) is 11.3 Å². The lowest BCUT2D eigenvalue weighted by atomic mass is 10.0. The number of benzene rings is 1. The van der Waals surface area contributed by atoms with Gasteiger partial charge in [-0.25, -0.2) is 0 Å². The summed E-state index contributed by atoms with van der Waals surface area (Å²) in [6, 6.07) is 13.6. The minimum atomic E-state index is -0.770. The van der Waals surface area contributed by atoms with Gasteiger partial charge in [0.1, 0.15) is 0 Å². The maximum atomic E-state index is 10.5. The first kappa shape index (κ1) is 11.3. The van der Waals surface area contributed by atoms with Crippen LogP contribution in [0, 0.1) is 0 Å². The van der Waals surface area contributed by atoms with E-state index in [1.807, 2.05) is 42.5 Å². The molecule has 2 aromatic rings. The first-order valence-electron chi connectivity index (χ1n) is 5.48. The van der Waals surface area contributed by atoms with E-state index in [4.69, 9.17) is 5.11 Å². The molecule has 86 valence electrons. The van der Waals surface area contributed by atoms with Crippen LogP contribution in [0.1, 0.15) is 12.0 Å². The molecule has 0 bridgehead atoms. The van der Waals surface area contributed by atoms with E-state index in [1.165, 1.54) is 0 Å². The maximum absolute atomic E-state index is 10.5. The second-order valence-corrected chi connectivity index (χ2v) is 3.81. The largest absolute Gasteiger partial charge is 0.481 e. The molecule has 0 spiro atoms. The molecule has 0 saturated carbocycles. The number of aromatic nitrogens is 1. The lowest BCUT2D eigenvalue weighted by molar-refractivity contribution is -0.136. The van der Waals surface area contributed by atoms with Crippen molar-refractivity contribution in [1.29, 1.82) is 0 Å². The first-order valence-corrected chi connectivity index (χ1v) is 5.48. The molecule has 0 aliphatic rings. The van der Waals surface area contributed by atoms with Gasteiger partial charge in [-0.1, -0.05) is 24.3 Å². The molecule has 3 heteroatoms. The molecule has 1 aromatic carbocycles. The van der Waals surface area contributed by atoms with Crippen molar-refractivity contribution in [2.45, 2.75) is 12.8 Å². The fraction of sp³-hybridized carbons (Fsp3) is 0.143. The summed E-state index contributed by atoms with van der Waals surface area (Å²) in [4.78, 5) is 14.8. The van der Waals surface area contributed by atoms with E-state index in [0.717, 1.165) is 16.8 Å². The Morgan fingerprint density at radius 2 is 2.06 bits per heavy atom. The fourth-order valence-corrected chi connectivity index (χ4v) is 1.67. The van der Waals surface area contributed by atoms with Gasteiger partial charge in [-0.2, -0.15) is 0 Å². The molecule has 0 saturated heterocycles. The summed E-state index contributed by atoms with van der Waals surface area (Å²) in [5.41, 5.74) is 2.95. The van der Waals surface area contributed by atoms with Crippen molar-refractivity contribution in [1.82, 2.24) is 4.98 Å². The second kappa shape index (κ2) is 5.25. The summed E-state index contributed by atoms with van der Waals surface area (Å²) in [7, 11) is 0. The van der Waals surface area contributed by atoms with Crippen LogP contribution in [0.2, 0.25) is 0 Å². The normalized spacial score (nSPS) is 10.1. The zero-order chi connectivity index (χ0) is 12.1. The number of carboxylic acid groups (broad SMARTS) is 1. The summed E-state index contributed by atoms with van der Waals surface area (Å²) in [5.74, 6) is -0.770. The third kappa shape index (κ3) is 3.14. The molecule has 1 heterocycles. The Bertz CT molecular complexity index is 509. The highest BCUT2D eigenvalue weighted by Crippen LogP contribution is 2.18. The zero-order valence-corrected chi connectivity index (χ0v) is 9.34. The van der Waals surface area contributed by atoms with E-state index in [2.05, 4.69) is 4.98 Å². The summed E-state index contributed by atoms with van der Waals surface area (Å²) >= 11 is 0. The number of aryl methyl sites for hydroxylation is 1. The maximum Gasteiger partial charge on any atom is 0.303 e. The van der Waals surface area contributed by atoms with Gasteiger partial charge in [0.15, 0.2) is 0 Å². The lowest BCUT2D eigenvalue weighted by Crippen LogP contribution is -1.97. The van der Waals surface area contributed by atoms with Crippen LogP contribution < -0.4 is 0 Å². The Morgan fingerprint density at radius 1 is 1.18 bits per heavy atom. The summed E-state index contributed by atoms with van der Waals surface area (Å²) in [5, 5.41) is 8.65. The van der Waals surface area contributed by atoms with Crippen LogP contribution in [-0.4, -0.2) is 16.1 Å². The highest BCUT2D eigenvalue weighted by molar-refractivity contribution is 5.67. The molecule has 1 aromatic heterocycles. The SMILES string of the molecule is O=C(O)CCc1cccc(-c2ccccn2)c1. The van der Waals surface area contributed by atoms with Gasteiger partial charge >= 0.3 is 5.97 Å². The van der Waals surface area contributed by atoms with Gasteiger partial charge in [0, 0.05) is 18.2 Å². The number of aliphatic carboxylic acids is 1. The third-order valence-electron chi connectivity index (χ3n) is 2.52. The quantitative estimate of drug-likeness (QED) is 0.873. The minimum Gasteiger partial charge on any atom is -0.481 e. The van der Waals surface area contributed by atoms with Crippen molar-refractivity contribution >= 4 is 5.97 Å².